The molecule has 28 heavy (non-hydrogen) atoms. The lowest BCUT2D eigenvalue weighted by Crippen LogP contribution is -2.96. The van der Waals surface area contributed by atoms with Gasteiger partial charge in [0.05, 0.1) is 22.6 Å². The van der Waals surface area contributed by atoms with E-state index in [1.54, 1.807) is 11.4 Å². The third kappa shape index (κ3) is 2.46. The zero-order valence-electron chi connectivity index (χ0n) is 15.2. The number of benzene rings is 2. The van der Waals surface area contributed by atoms with Gasteiger partial charge in [0.15, 0.2) is 6.04 Å². The Morgan fingerprint density at radius 1 is 1.21 bits per heavy atom. The van der Waals surface area contributed by atoms with Crippen LogP contribution in [0.4, 0.5) is 0 Å². The fraction of sp³-hybridized carbons (Fsp3) is 0.182. The summed E-state index contributed by atoms with van der Waals surface area (Å²) in [5.41, 5.74) is 4.49. The maximum Gasteiger partial charge on any atom is 0.202 e. The summed E-state index contributed by atoms with van der Waals surface area (Å²) in [6.45, 7) is 1.93. The number of rotatable bonds is 2. The van der Waals surface area contributed by atoms with Crippen LogP contribution < -0.4 is 15.9 Å². The largest absolute Gasteiger partial charge is 0.544 e. The van der Waals surface area contributed by atoms with Gasteiger partial charge >= 0.3 is 0 Å². The Balaban J connectivity index is 1.75. The number of aliphatic carboxylic acids is 1. The van der Waals surface area contributed by atoms with E-state index in [2.05, 4.69) is 4.98 Å². The lowest BCUT2D eigenvalue weighted by molar-refractivity contribution is -0.717. The van der Waals surface area contributed by atoms with Crippen molar-refractivity contribution in [3.63, 3.8) is 0 Å². The van der Waals surface area contributed by atoms with Gasteiger partial charge < -0.3 is 24.6 Å². The summed E-state index contributed by atoms with van der Waals surface area (Å²) in [6.07, 6.45) is 1.80. The summed E-state index contributed by atoms with van der Waals surface area (Å²) >= 11 is 0. The minimum Gasteiger partial charge on any atom is -0.544 e. The van der Waals surface area contributed by atoms with E-state index < -0.39 is 18.1 Å². The molecule has 2 atom stereocenters. The Morgan fingerprint density at radius 2 is 2.04 bits per heavy atom. The first-order valence-electron chi connectivity index (χ1n) is 9.20. The number of hydrogen-bond donors (Lipinski definition) is 2. The van der Waals surface area contributed by atoms with Crippen molar-refractivity contribution in [1.29, 1.82) is 0 Å². The second-order valence-corrected chi connectivity index (χ2v) is 7.38. The highest BCUT2D eigenvalue weighted by atomic mass is 16.4. The molecule has 0 spiro atoms. The zero-order valence-corrected chi connectivity index (χ0v) is 15.2. The summed E-state index contributed by atoms with van der Waals surface area (Å²) in [5.74, 6) is -1.14. The number of para-hydroxylation sites is 1. The van der Waals surface area contributed by atoms with Crippen molar-refractivity contribution in [3.8, 4) is 0 Å². The molecule has 4 aromatic rings. The number of H-pyrrole nitrogens is 1. The van der Waals surface area contributed by atoms with Crippen molar-refractivity contribution < 1.29 is 19.6 Å². The number of carbonyl (C=O) groups excluding carboxylic acids is 1. The normalized spacial score (nSPS) is 19.0. The highest BCUT2D eigenvalue weighted by molar-refractivity contribution is 5.86. The van der Waals surface area contributed by atoms with Crippen LogP contribution in [0.1, 0.15) is 28.4 Å². The molecule has 2 unspecified atom stereocenters. The maximum absolute atomic E-state index is 13.2. The van der Waals surface area contributed by atoms with Crippen LogP contribution in [0.2, 0.25) is 0 Å². The molecule has 0 saturated carbocycles. The molecule has 140 valence electrons. The molecule has 0 bridgehead atoms. The molecule has 0 amide bonds. The van der Waals surface area contributed by atoms with Gasteiger partial charge in [0.25, 0.3) is 0 Å². The molecular formula is C22H18N2O4. The quantitative estimate of drug-likeness (QED) is 0.544. The predicted molar refractivity (Wildman–Crippen MR) is 102 cm³/mol. The Labute approximate surface area is 159 Å². The van der Waals surface area contributed by atoms with Crippen LogP contribution in [-0.2, 0) is 11.2 Å². The van der Waals surface area contributed by atoms with Crippen molar-refractivity contribution >= 4 is 27.8 Å². The minimum atomic E-state index is -1.14. The van der Waals surface area contributed by atoms with Crippen LogP contribution in [0.25, 0.3) is 21.9 Å². The van der Waals surface area contributed by atoms with E-state index in [1.165, 1.54) is 6.26 Å². The summed E-state index contributed by atoms with van der Waals surface area (Å²) < 4.78 is 5.75. The van der Waals surface area contributed by atoms with Crippen LogP contribution in [0.15, 0.2) is 57.9 Å². The zero-order chi connectivity index (χ0) is 19.4. The van der Waals surface area contributed by atoms with Gasteiger partial charge in [-0.05, 0) is 36.2 Å². The summed E-state index contributed by atoms with van der Waals surface area (Å²) in [7, 11) is 0. The van der Waals surface area contributed by atoms with Crippen LogP contribution in [-0.4, -0.2) is 17.0 Å². The SMILES string of the molecule is Cc1ccc2c(=O)c(C3[NH2+]C(C(=O)[O-])Cc4c3[nH]c3ccccc43)coc2c1. The second-order valence-electron chi connectivity index (χ2n) is 7.38. The molecule has 0 fully saturated rings. The number of nitrogens with two attached hydrogens (primary N) is 1. The first kappa shape index (κ1) is 16.8. The maximum atomic E-state index is 13.2. The van der Waals surface area contributed by atoms with Crippen LogP contribution in [0, 0.1) is 6.92 Å². The average molecular weight is 374 g/mol. The lowest BCUT2D eigenvalue weighted by Gasteiger charge is -2.28. The number of carboxylic acid groups (broad SMARTS) is 1. The predicted octanol–water partition coefficient (Wildman–Crippen LogP) is 0.910. The van der Waals surface area contributed by atoms with Gasteiger partial charge in [-0.2, -0.15) is 0 Å². The number of aromatic amines is 1. The average Bonchev–Trinajstić information content (AvgIpc) is 3.06. The number of carboxylic acids is 1. The molecule has 2 aromatic carbocycles. The number of quaternary nitrogens is 1. The van der Waals surface area contributed by atoms with Gasteiger partial charge in [0.2, 0.25) is 5.43 Å². The van der Waals surface area contributed by atoms with Gasteiger partial charge in [-0.15, -0.1) is 0 Å². The fourth-order valence-electron chi connectivity index (χ4n) is 4.21. The third-order valence-electron chi connectivity index (χ3n) is 5.60. The second kappa shape index (κ2) is 6.07. The number of aryl methyl sites for hydroxylation is 1. The van der Waals surface area contributed by atoms with Crippen LogP contribution in [0.5, 0.6) is 0 Å². The number of hydrogen-bond acceptors (Lipinski definition) is 4. The van der Waals surface area contributed by atoms with Crippen molar-refractivity contribution in [2.45, 2.75) is 25.4 Å². The van der Waals surface area contributed by atoms with Gasteiger partial charge in [-0.3, -0.25) is 4.79 Å². The number of carbonyl (C=O) groups is 1. The number of aromatic nitrogens is 1. The topological polar surface area (TPSA) is 103 Å². The van der Waals surface area contributed by atoms with E-state index in [9.17, 15) is 14.7 Å². The molecular weight excluding hydrogens is 356 g/mol. The Kier molecular flexibility index (Phi) is 3.64. The van der Waals surface area contributed by atoms with E-state index in [4.69, 9.17) is 4.42 Å². The van der Waals surface area contributed by atoms with Crippen molar-refractivity contribution in [2.75, 3.05) is 0 Å². The van der Waals surface area contributed by atoms with E-state index in [0.717, 1.165) is 27.7 Å². The van der Waals surface area contributed by atoms with Gasteiger partial charge in [-0.25, -0.2) is 0 Å². The molecule has 0 radical (unpaired) electrons. The Bertz CT molecular complexity index is 1300. The molecule has 3 heterocycles. The van der Waals surface area contributed by atoms with E-state index in [-0.39, 0.29) is 5.43 Å². The molecule has 0 saturated heterocycles. The third-order valence-corrected chi connectivity index (χ3v) is 5.60. The number of nitrogens with one attached hydrogen (secondary N) is 1. The minimum absolute atomic E-state index is 0.147. The van der Waals surface area contributed by atoms with E-state index in [0.29, 0.717) is 23.0 Å². The summed E-state index contributed by atoms with van der Waals surface area (Å²) in [6, 6.07) is 11.9. The Hall–Kier alpha value is -3.38. The molecule has 1 aliphatic rings. The Morgan fingerprint density at radius 3 is 2.86 bits per heavy atom. The van der Waals surface area contributed by atoms with Gasteiger partial charge in [-0.1, -0.05) is 24.3 Å². The van der Waals surface area contributed by atoms with Gasteiger partial charge in [0.1, 0.15) is 17.9 Å². The standard InChI is InChI=1S/C22H18N2O4/c1-11-6-7-13-18(8-11)28-10-15(21(13)25)20-19-14(9-17(24-20)22(26)27)12-4-2-3-5-16(12)23-19/h2-8,10,17,20,23-24H,9H2,1H3,(H,26,27). The molecule has 1 aliphatic heterocycles. The summed E-state index contributed by atoms with van der Waals surface area (Å²) in [5, 5.41) is 14.8. The monoisotopic (exact) mass is 374 g/mol. The van der Waals surface area contributed by atoms with Crippen molar-refractivity contribution in [1.82, 2.24) is 4.98 Å². The van der Waals surface area contributed by atoms with E-state index in [1.807, 2.05) is 43.3 Å². The first-order chi connectivity index (χ1) is 13.5. The molecule has 5 rings (SSSR count). The van der Waals surface area contributed by atoms with Gasteiger partial charge in [0, 0.05) is 17.3 Å². The highest BCUT2D eigenvalue weighted by Crippen LogP contribution is 2.31. The smallest absolute Gasteiger partial charge is 0.202 e. The summed E-state index contributed by atoms with van der Waals surface area (Å²) in [4.78, 5) is 28.2. The molecule has 6 heteroatoms. The fourth-order valence-corrected chi connectivity index (χ4v) is 4.21. The van der Waals surface area contributed by atoms with Crippen molar-refractivity contribution in [3.05, 3.63) is 81.3 Å². The molecule has 2 aromatic heterocycles. The molecule has 3 N–H and O–H groups in total. The number of fused-ring (bicyclic) bond motifs is 4. The van der Waals surface area contributed by atoms with E-state index >= 15 is 0 Å². The van der Waals surface area contributed by atoms with Crippen LogP contribution >= 0.6 is 0 Å². The first-order valence-corrected chi connectivity index (χ1v) is 9.20. The molecule has 6 nitrogen and oxygen atoms in total. The van der Waals surface area contributed by atoms with Crippen molar-refractivity contribution in [2.24, 2.45) is 0 Å². The lowest BCUT2D eigenvalue weighted by atomic mass is 9.90. The highest BCUT2D eigenvalue weighted by Gasteiger charge is 2.36. The van der Waals surface area contributed by atoms with Crippen LogP contribution in [0.3, 0.4) is 0 Å². The molecule has 0 aliphatic carbocycles.